The molecule has 1 aliphatic heterocycles. The molecule has 0 fully saturated rings. The Morgan fingerprint density at radius 2 is 2.03 bits per heavy atom. The number of hydrogen-bond donors (Lipinski definition) is 1. The fraction of sp³-hybridized carbons (Fsp3) is 0.292. The van der Waals surface area contributed by atoms with Crippen molar-refractivity contribution in [3.63, 3.8) is 0 Å². The Morgan fingerprint density at radius 3 is 2.88 bits per heavy atom. The van der Waals surface area contributed by atoms with Crippen LogP contribution >= 0.6 is 11.3 Å². The van der Waals surface area contributed by atoms with Crippen molar-refractivity contribution < 1.29 is 9.84 Å². The van der Waals surface area contributed by atoms with Gasteiger partial charge in [-0.1, -0.05) is 42.2 Å². The van der Waals surface area contributed by atoms with E-state index in [1.54, 1.807) is 17.5 Å². The number of thiophene rings is 1. The van der Waals surface area contributed by atoms with Gasteiger partial charge in [-0.3, -0.25) is 9.25 Å². The number of ether oxygens (including phenoxy) is 1. The monoisotopic (exact) mass is 445 g/mol. The Labute approximate surface area is 190 Å². The Hall–Kier alpha value is -3.25. The number of fused-ring (bicyclic) bond motifs is 3. The largest absolute Gasteiger partial charge is 0.396 e. The first kappa shape index (κ1) is 20.6. The molecule has 162 valence electrons. The van der Waals surface area contributed by atoms with E-state index in [2.05, 4.69) is 56.0 Å². The first-order valence-electron chi connectivity index (χ1n) is 10.6. The van der Waals surface area contributed by atoms with Gasteiger partial charge in [-0.2, -0.15) is 5.10 Å². The minimum atomic E-state index is 0.150. The van der Waals surface area contributed by atoms with Gasteiger partial charge in [0.25, 0.3) is 0 Å². The molecule has 0 saturated carbocycles. The van der Waals surface area contributed by atoms with Crippen molar-refractivity contribution in [1.82, 2.24) is 24.5 Å². The van der Waals surface area contributed by atoms with Crippen LogP contribution in [0.3, 0.4) is 0 Å². The average molecular weight is 446 g/mol. The van der Waals surface area contributed by atoms with Crippen molar-refractivity contribution >= 4 is 11.3 Å². The number of aliphatic hydroxyl groups excluding tert-OH is 1. The molecule has 0 amide bonds. The lowest BCUT2D eigenvalue weighted by Gasteiger charge is -2.06. The van der Waals surface area contributed by atoms with E-state index in [1.165, 1.54) is 11.1 Å². The zero-order valence-corrected chi connectivity index (χ0v) is 18.6. The SMILES string of the molecule is Cc1nnc2n1-c1sc(C#Cc3cnn(CCCO)c3)c(Cc3ccccc3)c1COC2. The molecule has 5 rings (SSSR count). The second kappa shape index (κ2) is 9.09. The number of aryl methyl sites for hydroxylation is 2. The third-order valence-electron chi connectivity index (χ3n) is 5.39. The number of aromatic nitrogens is 5. The highest BCUT2D eigenvalue weighted by Gasteiger charge is 2.25. The molecule has 7 nitrogen and oxygen atoms in total. The maximum Gasteiger partial charge on any atom is 0.164 e. The lowest BCUT2D eigenvalue weighted by molar-refractivity contribution is 0.104. The molecule has 0 unspecified atom stereocenters. The second-order valence-electron chi connectivity index (χ2n) is 7.67. The number of rotatable bonds is 5. The van der Waals surface area contributed by atoms with E-state index in [4.69, 9.17) is 9.84 Å². The van der Waals surface area contributed by atoms with Gasteiger partial charge in [-0.25, -0.2) is 0 Å². The molecule has 4 aromatic rings. The molecular weight excluding hydrogens is 422 g/mol. The Balaban J connectivity index is 1.57. The van der Waals surface area contributed by atoms with Crippen LogP contribution in [0.25, 0.3) is 5.00 Å². The summed E-state index contributed by atoms with van der Waals surface area (Å²) in [5.74, 6) is 8.34. The summed E-state index contributed by atoms with van der Waals surface area (Å²) >= 11 is 1.67. The van der Waals surface area contributed by atoms with Gasteiger partial charge < -0.3 is 9.84 Å². The van der Waals surface area contributed by atoms with E-state index in [-0.39, 0.29) is 6.61 Å². The van der Waals surface area contributed by atoms with E-state index in [0.29, 0.717) is 26.2 Å². The van der Waals surface area contributed by atoms with Crippen LogP contribution in [0.2, 0.25) is 0 Å². The zero-order valence-electron chi connectivity index (χ0n) is 17.8. The van der Waals surface area contributed by atoms with Crippen LogP contribution in [-0.2, 0) is 30.9 Å². The number of benzene rings is 1. The van der Waals surface area contributed by atoms with Gasteiger partial charge in [-0.15, -0.1) is 21.5 Å². The molecule has 0 saturated heterocycles. The smallest absolute Gasteiger partial charge is 0.164 e. The van der Waals surface area contributed by atoms with E-state index in [0.717, 1.165) is 39.1 Å². The topological polar surface area (TPSA) is 78.0 Å². The van der Waals surface area contributed by atoms with Crippen LogP contribution < -0.4 is 0 Å². The third-order valence-corrected chi connectivity index (χ3v) is 6.57. The maximum atomic E-state index is 9.02. The van der Waals surface area contributed by atoms with Crippen molar-refractivity contribution in [3.8, 4) is 16.8 Å². The molecule has 1 aliphatic rings. The van der Waals surface area contributed by atoms with Crippen molar-refractivity contribution in [1.29, 1.82) is 0 Å². The molecule has 8 heteroatoms. The van der Waals surface area contributed by atoms with Crippen LogP contribution in [0, 0.1) is 18.8 Å². The summed E-state index contributed by atoms with van der Waals surface area (Å²) < 4.78 is 9.87. The minimum Gasteiger partial charge on any atom is -0.396 e. The van der Waals surface area contributed by atoms with E-state index >= 15 is 0 Å². The third kappa shape index (κ3) is 4.10. The predicted molar refractivity (Wildman–Crippen MR) is 122 cm³/mol. The molecule has 4 heterocycles. The van der Waals surface area contributed by atoms with Gasteiger partial charge >= 0.3 is 0 Å². The van der Waals surface area contributed by atoms with Crippen LogP contribution in [0.5, 0.6) is 0 Å². The van der Waals surface area contributed by atoms with Crippen LogP contribution in [0.15, 0.2) is 42.7 Å². The molecular formula is C24H23N5O2S. The fourth-order valence-corrected chi connectivity index (χ4v) is 5.07. The zero-order chi connectivity index (χ0) is 21.9. The lowest BCUT2D eigenvalue weighted by Crippen LogP contribution is -2.00. The summed E-state index contributed by atoms with van der Waals surface area (Å²) in [5, 5.41) is 23.0. The summed E-state index contributed by atoms with van der Waals surface area (Å²) in [6.07, 6.45) is 5.15. The Kier molecular flexibility index (Phi) is 5.86. The van der Waals surface area contributed by atoms with Gasteiger partial charge in [0.1, 0.15) is 17.4 Å². The molecule has 32 heavy (non-hydrogen) atoms. The molecule has 0 spiro atoms. The van der Waals surface area contributed by atoms with Crippen molar-refractivity contribution in [2.45, 2.75) is 39.5 Å². The standard InChI is InChI=1S/C24H23N5O2S/c1-17-26-27-23-16-31-15-21-20(12-18-6-3-2-4-7-18)22(32-24(21)29(17)23)9-8-19-13-25-28(14-19)10-5-11-30/h2-4,6-7,13-14,30H,5,10-12,15-16H2,1H3. The fourth-order valence-electron chi connectivity index (χ4n) is 3.82. The first-order valence-corrected chi connectivity index (χ1v) is 11.4. The summed E-state index contributed by atoms with van der Waals surface area (Å²) in [6, 6.07) is 10.4. The molecule has 0 atom stereocenters. The minimum absolute atomic E-state index is 0.150. The predicted octanol–water partition coefficient (Wildman–Crippen LogP) is 3.24. The van der Waals surface area contributed by atoms with Gasteiger partial charge in [0.2, 0.25) is 0 Å². The van der Waals surface area contributed by atoms with Crippen molar-refractivity contribution in [3.05, 3.63) is 81.5 Å². The Bertz CT molecular complexity index is 1290. The summed E-state index contributed by atoms with van der Waals surface area (Å²) in [5.41, 5.74) is 4.44. The highest BCUT2D eigenvalue weighted by atomic mass is 32.1. The molecule has 0 radical (unpaired) electrons. The summed E-state index contributed by atoms with van der Waals surface area (Å²) in [7, 11) is 0. The quantitative estimate of drug-likeness (QED) is 0.477. The average Bonchev–Trinajstić information content (AvgIpc) is 3.47. The van der Waals surface area contributed by atoms with Gasteiger partial charge in [0.05, 0.1) is 23.2 Å². The summed E-state index contributed by atoms with van der Waals surface area (Å²) in [6.45, 7) is 3.77. The summed E-state index contributed by atoms with van der Waals surface area (Å²) in [4.78, 5) is 1.02. The Morgan fingerprint density at radius 1 is 1.16 bits per heavy atom. The van der Waals surface area contributed by atoms with Gasteiger partial charge in [0.15, 0.2) is 5.82 Å². The van der Waals surface area contributed by atoms with Crippen LogP contribution in [0.4, 0.5) is 0 Å². The van der Waals surface area contributed by atoms with Gasteiger partial charge in [-0.05, 0) is 30.9 Å². The normalized spacial score (nSPS) is 12.6. The highest BCUT2D eigenvalue weighted by molar-refractivity contribution is 7.15. The van der Waals surface area contributed by atoms with Crippen LogP contribution in [-0.4, -0.2) is 36.3 Å². The molecule has 1 aromatic carbocycles. The van der Waals surface area contributed by atoms with Crippen molar-refractivity contribution in [2.75, 3.05) is 6.61 Å². The number of hydrogen-bond acceptors (Lipinski definition) is 6. The first-order chi connectivity index (χ1) is 15.7. The van der Waals surface area contributed by atoms with Crippen molar-refractivity contribution in [2.24, 2.45) is 0 Å². The van der Waals surface area contributed by atoms with E-state index in [9.17, 15) is 0 Å². The number of nitrogens with zero attached hydrogens (tertiary/aromatic N) is 5. The van der Waals surface area contributed by atoms with E-state index < -0.39 is 0 Å². The maximum absolute atomic E-state index is 9.02. The molecule has 0 aliphatic carbocycles. The van der Waals surface area contributed by atoms with Crippen LogP contribution in [0.1, 0.15) is 45.2 Å². The van der Waals surface area contributed by atoms with Gasteiger partial charge in [0, 0.05) is 24.9 Å². The second-order valence-corrected chi connectivity index (χ2v) is 8.67. The number of aliphatic hydroxyl groups is 1. The highest BCUT2D eigenvalue weighted by Crippen LogP contribution is 2.36. The molecule has 1 N–H and O–H groups in total. The molecule has 0 bridgehead atoms. The van der Waals surface area contributed by atoms with E-state index in [1.807, 2.05) is 23.9 Å². The lowest BCUT2D eigenvalue weighted by atomic mass is 10.0. The molecule has 3 aromatic heterocycles.